The van der Waals surface area contributed by atoms with Gasteiger partial charge in [0.15, 0.2) is 0 Å². The summed E-state index contributed by atoms with van der Waals surface area (Å²) in [6, 6.07) is 0. The second-order valence-corrected chi connectivity index (χ2v) is 4.76. The molecule has 88 valence electrons. The van der Waals surface area contributed by atoms with Crippen LogP contribution in [0.3, 0.4) is 0 Å². The van der Waals surface area contributed by atoms with Crippen molar-refractivity contribution in [3.05, 3.63) is 23.5 Å². The van der Waals surface area contributed by atoms with Crippen molar-refractivity contribution in [2.75, 3.05) is 13.4 Å². The third-order valence-electron chi connectivity index (χ3n) is 1.95. The van der Waals surface area contributed by atoms with Crippen LogP contribution in [0.2, 0.25) is 0 Å². The second kappa shape index (κ2) is 5.24. The first-order chi connectivity index (χ1) is 8.26. The SMILES string of the molecule is COC(=O)c1cnc(-c2nccnc2SC)s1. The lowest BCUT2D eigenvalue weighted by Gasteiger charge is -2.00. The third kappa shape index (κ3) is 2.45. The molecule has 0 saturated carbocycles. The van der Waals surface area contributed by atoms with Crippen molar-refractivity contribution in [1.29, 1.82) is 0 Å². The number of hydrogen-bond donors (Lipinski definition) is 0. The van der Waals surface area contributed by atoms with Crippen molar-refractivity contribution < 1.29 is 9.53 Å². The summed E-state index contributed by atoms with van der Waals surface area (Å²) >= 11 is 2.74. The summed E-state index contributed by atoms with van der Waals surface area (Å²) in [5.41, 5.74) is 0.695. The summed E-state index contributed by atoms with van der Waals surface area (Å²) in [6.07, 6.45) is 6.64. The Hall–Kier alpha value is -1.47. The Morgan fingerprint density at radius 3 is 2.82 bits per heavy atom. The molecule has 0 N–H and O–H groups in total. The van der Waals surface area contributed by atoms with Crippen LogP contribution in [0, 0.1) is 0 Å². The van der Waals surface area contributed by atoms with Gasteiger partial charge in [-0.25, -0.2) is 19.7 Å². The number of carbonyl (C=O) groups is 1. The van der Waals surface area contributed by atoms with Crippen LogP contribution in [0.1, 0.15) is 9.67 Å². The molecule has 5 nitrogen and oxygen atoms in total. The van der Waals surface area contributed by atoms with Crippen LogP contribution in [-0.2, 0) is 4.74 Å². The number of nitrogens with zero attached hydrogens (tertiary/aromatic N) is 3. The Labute approximate surface area is 106 Å². The molecule has 0 spiro atoms. The van der Waals surface area contributed by atoms with E-state index < -0.39 is 0 Å². The lowest BCUT2D eigenvalue weighted by atomic mass is 10.5. The Morgan fingerprint density at radius 1 is 1.35 bits per heavy atom. The van der Waals surface area contributed by atoms with Gasteiger partial charge in [0.1, 0.15) is 20.6 Å². The molecule has 0 radical (unpaired) electrons. The summed E-state index contributed by atoms with van der Waals surface area (Å²) in [5, 5.41) is 1.46. The van der Waals surface area contributed by atoms with E-state index in [0.717, 1.165) is 5.03 Å². The quantitative estimate of drug-likeness (QED) is 0.627. The molecule has 0 aliphatic rings. The molecule has 2 heterocycles. The molecule has 0 atom stereocenters. The Balaban J connectivity index is 2.40. The maximum Gasteiger partial charge on any atom is 0.349 e. The second-order valence-electron chi connectivity index (χ2n) is 2.94. The van der Waals surface area contributed by atoms with E-state index in [1.165, 1.54) is 36.4 Å². The van der Waals surface area contributed by atoms with Crippen LogP contribution in [0.25, 0.3) is 10.7 Å². The maximum atomic E-state index is 11.3. The van der Waals surface area contributed by atoms with Gasteiger partial charge in [0.25, 0.3) is 0 Å². The van der Waals surface area contributed by atoms with Gasteiger partial charge in [0.2, 0.25) is 0 Å². The number of hydrogen-bond acceptors (Lipinski definition) is 7. The Kier molecular flexibility index (Phi) is 3.70. The zero-order chi connectivity index (χ0) is 12.3. The molecule has 0 aliphatic heterocycles. The summed E-state index contributed by atoms with van der Waals surface area (Å²) in [4.78, 5) is 24.4. The predicted octanol–water partition coefficient (Wildman–Crippen LogP) is 2.11. The number of esters is 1. The molecule has 2 aromatic heterocycles. The Morgan fingerprint density at radius 2 is 2.12 bits per heavy atom. The first kappa shape index (κ1) is 12.0. The van der Waals surface area contributed by atoms with E-state index in [2.05, 4.69) is 19.7 Å². The molecule has 0 unspecified atom stereocenters. The van der Waals surface area contributed by atoms with Gasteiger partial charge >= 0.3 is 5.97 Å². The van der Waals surface area contributed by atoms with Crippen LogP contribution in [-0.4, -0.2) is 34.3 Å². The smallest absolute Gasteiger partial charge is 0.349 e. The van der Waals surface area contributed by atoms with Crippen LogP contribution in [0.4, 0.5) is 0 Å². The number of thioether (sulfide) groups is 1. The lowest BCUT2D eigenvalue weighted by Crippen LogP contribution is -1.96. The standard InChI is InChI=1S/C10H9N3O2S2/c1-15-10(14)6-5-13-9(17-6)7-8(16-2)12-4-3-11-7/h3-5H,1-2H3. The molecule has 0 bridgehead atoms. The lowest BCUT2D eigenvalue weighted by molar-refractivity contribution is 0.0606. The monoisotopic (exact) mass is 267 g/mol. The molecule has 0 aromatic carbocycles. The number of aromatic nitrogens is 3. The van der Waals surface area contributed by atoms with Gasteiger partial charge in [0, 0.05) is 12.4 Å². The minimum absolute atomic E-state index is 0.386. The van der Waals surface area contributed by atoms with Gasteiger partial charge in [-0.2, -0.15) is 0 Å². The minimum Gasteiger partial charge on any atom is -0.465 e. The normalized spacial score (nSPS) is 10.2. The molecule has 0 saturated heterocycles. The maximum absolute atomic E-state index is 11.3. The van der Waals surface area contributed by atoms with E-state index in [-0.39, 0.29) is 5.97 Å². The molecular weight excluding hydrogens is 258 g/mol. The largest absolute Gasteiger partial charge is 0.465 e. The third-order valence-corrected chi connectivity index (χ3v) is 3.62. The predicted molar refractivity (Wildman–Crippen MR) is 66.3 cm³/mol. The summed E-state index contributed by atoms with van der Waals surface area (Å²) in [5.74, 6) is -0.386. The molecular formula is C10H9N3O2S2. The van der Waals surface area contributed by atoms with Crippen LogP contribution >= 0.6 is 23.1 Å². The fourth-order valence-electron chi connectivity index (χ4n) is 1.20. The van der Waals surface area contributed by atoms with Crippen molar-refractivity contribution in [2.24, 2.45) is 0 Å². The van der Waals surface area contributed by atoms with Gasteiger partial charge in [-0.3, -0.25) is 0 Å². The van der Waals surface area contributed by atoms with Gasteiger partial charge in [-0.05, 0) is 6.26 Å². The molecule has 0 fully saturated rings. The van der Waals surface area contributed by atoms with Crippen molar-refractivity contribution in [3.63, 3.8) is 0 Å². The van der Waals surface area contributed by atoms with E-state index in [1.54, 1.807) is 12.4 Å². The first-order valence-corrected chi connectivity index (χ1v) is 6.70. The molecule has 0 amide bonds. The van der Waals surface area contributed by atoms with E-state index in [1.807, 2.05) is 6.26 Å². The highest BCUT2D eigenvalue weighted by Crippen LogP contribution is 2.29. The van der Waals surface area contributed by atoms with Crippen molar-refractivity contribution in [3.8, 4) is 10.7 Å². The average Bonchev–Trinajstić information content (AvgIpc) is 2.87. The highest BCUT2D eigenvalue weighted by atomic mass is 32.2. The number of carbonyl (C=O) groups excluding carboxylic acids is 1. The Bertz CT molecular complexity index is 542. The number of methoxy groups -OCH3 is 1. The first-order valence-electron chi connectivity index (χ1n) is 4.65. The fraction of sp³-hybridized carbons (Fsp3) is 0.200. The number of rotatable bonds is 3. The summed E-state index contributed by atoms with van der Waals surface area (Å²) in [6.45, 7) is 0. The molecule has 2 aromatic rings. The zero-order valence-electron chi connectivity index (χ0n) is 9.21. The van der Waals surface area contributed by atoms with Crippen LogP contribution < -0.4 is 0 Å². The molecule has 17 heavy (non-hydrogen) atoms. The van der Waals surface area contributed by atoms with Crippen LogP contribution in [0.15, 0.2) is 23.6 Å². The van der Waals surface area contributed by atoms with E-state index in [0.29, 0.717) is 15.6 Å². The number of ether oxygens (including phenoxy) is 1. The molecule has 0 aliphatic carbocycles. The van der Waals surface area contributed by atoms with Crippen molar-refractivity contribution in [2.45, 2.75) is 5.03 Å². The average molecular weight is 267 g/mol. The summed E-state index contributed by atoms with van der Waals surface area (Å²) < 4.78 is 4.63. The molecule has 7 heteroatoms. The van der Waals surface area contributed by atoms with E-state index in [4.69, 9.17) is 0 Å². The van der Waals surface area contributed by atoms with Crippen LogP contribution in [0.5, 0.6) is 0 Å². The van der Waals surface area contributed by atoms with Crippen molar-refractivity contribution in [1.82, 2.24) is 15.0 Å². The van der Waals surface area contributed by atoms with Gasteiger partial charge in [0.05, 0.1) is 13.3 Å². The minimum atomic E-state index is -0.386. The van der Waals surface area contributed by atoms with Crippen molar-refractivity contribution >= 4 is 29.1 Å². The van der Waals surface area contributed by atoms with E-state index >= 15 is 0 Å². The highest BCUT2D eigenvalue weighted by molar-refractivity contribution is 7.98. The highest BCUT2D eigenvalue weighted by Gasteiger charge is 2.15. The summed E-state index contributed by atoms with van der Waals surface area (Å²) in [7, 11) is 1.34. The van der Waals surface area contributed by atoms with Gasteiger partial charge in [-0.15, -0.1) is 23.1 Å². The van der Waals surface area contributed by atoms with Gasteiger partial charge < -0.3 is 4.74 Å². The van der Waals surface area contributed by atoms with E-state index in [9.17, 15) is 4.79 Å². The molecule has 2 rings (SSSR count). The zero-order valence-corrected chi connectivity index (χ0v) is 10.8. The van der Waals surface area contributed by atoms with Gasteiger partial charge in [-0.1, -0.05) is 0 Å². The topological polar surface area (TPSA) is 65.0 Å². The fourth-order valence-corrected chi connectivity index (χ4v) is 2.61. The number of thiazole rings is 1.